The van der Waals surface area contributed by atoms with Gasteiger partial charge in [0.15, 0.2) is 5.58 Å². The monoisotopic (exact) mass is 183 g/mol. The van der Waals surface area contributed by atoms with E-state index in [9.17, 15) is 0 Å². The number of benzene rings is 1. The molecule has 2 nitrogen and oxygen atoms in total. The van der Waals surface area contributed by atoms with Crippen LogP contribution in [0, 0.1) is 6.92 Å². The van der Waals surface area contributed by atoms with Gasteiger partial charge in [0.05, 0.1) is 6.20 Å². The van der Waals surface area contributed by atoms with Crippen LogP contribution in [0.15, 0.2) is 41.1 Å². The van der Waals surface area contributed by atoms with Crippen LogP contribution in [0.2, 0.25) is 0 Å². The molecule has 0 amide bonds. The van der Waals surface area contributed by atoms with E-state index >= 15 is 0 Å². The van der Waals surface area contributed by atoms with Gasteiger partial charge in [0.2, 0.25) is 0 Å². The molecule has 1 aromatic carbocycles. The molecule has 0 radical (unpaired) electrons. The summed E-state index contributed by atoms with van der Waals surface area (Å²) in [5.41, 5.74) is 3.01. The minimum atomic E-state index is 0.855. The highest BCUT2D eigenvalue weighted by molar-refractivity contribution is 6.04. The second-order valence-corrected chi connectivity index (χ2v) is 3.47. The predicted octanol–water partition coefficient (Wildman–Crippen LogP) is 3.29. The Morgan fingerprint density at radius 2 is 1.93 bits per heavy atom. The fraction of sp³-hybridized carbons (Fsp3) is 0.0833. The van der Waals surface area contributed by atoms with Crippen molar-refractivity contribution in [1.82, 2.24) is 4.98 Å². The van der Waals surface area contributed by atoms with Crippen molar-refractivity contribution in [2.75, 3.05) is 0 Å². The lowest BCUT2D eigenvalue weighted by Gasteiger charge is -1.90. The molecule has 0 atom stereocenters. The molecular weight excluding hydrogens is 174 g/mol. The first-order valence-corrected chi connectivity index (χ1v) is 4.57. The number of hydrogen-bond donors (Lipinski definition) is 0. The smallest absolute Gasteiger partial charge is 0.153 e. The Balaban J connectivity index is 2.57. The Morgan fingerprint density at radius 3 is 2.86 bits per heavy atom. The molecule has 3 rings (SSSR count). The van der Waals surface area contributed by atoms with Crippen molar-refractivity contribution in [3.8, 4) is 0 Å². The highest BCUT2D eigenvalue weighted by atomic mass is 16.3. The number of rotatable bonds is 0. The molecule has 0 saturated carbocycles. The van der Waals surface area contributed by atoms with Gasteiger partial charge in [0.25, 0.3) is 0 Å². The van der Waals surface area contributed by atoms with Crippen LogP contribution in [0.5, 0.6) is 0 Å². The zero-order valence-electron chi connectivity index (χ0n) is 7.82. The maximum Gasteiger partial charge on any atom is 0.153 e. The van der Waals surface area contributed by atoms with Crippen molar-refractivity contribution in [3.63, 3.8) is 0 Å². The van der Waals surface area contributed by atoms with Crippen LogP contribution in [0.3, 0.4) is 0 Å². The molecule has 0 aliphatic rings. The van der Waals surface area contributed by atoms with Crippen LogP contribution >= 0.6 is 0 Å². The summed E-state index contributed by atoms with van der Waals surface area (Å²) in [7, 11) is 0. The average molecular weight is 183 g/mol. The summed E-state index contributed by atoms with van der Waals surface area (Å²) in [5.74, 6) is 0. The highest BCUT2D eigenvalue weighted by Crippen LogP contribution is 2.27. The van der Waals surface area contributed by atoms with Crippen LogP contribution in [-0.4, -0.2) is 4.98 Å². The van der Waals surface area contributed by atoms with E-state index in [4.69, 9.17) is 4.42 Å². The zero-order valence-corrected chi connectivity index (χ0v) is 7.82. The van der Waals surface area contributed by atoms with Gasteiger partial charge in [0.1, 0.15) is 5.58 Å². The summed E-state index contributed by atoms with van der Waals surface area (Å²) in [6.45, 7) is 2.06. The first-order chi connectivity index (χ1) is 6.84. The lowest BCUT2D eigenvalue weighted by Crippen LogP contribution is -1.70. The van der Waals surface area contributed by atoms with E-state index in [-0.39, 0.29) is 0 Å². The van der Waals surface area contributed by atoms with Gasteiger partial charge in [-0.1, -0.05) is 12.1 Å². The lowest BCUT2D eigenvalue weighted by atomic mass is 10.1. The van der Waals surface area contributed by atoms with E-state index in [1.807, 2.05) is 6.07 Å². The third kappa shape index (κ3) is 0.940. The molecule has 0 N–H and O–H groups in total. The normalized spacial score (nSPS) is 11.2. The van der Waals surface area contributed by atoms with E-state index in [0.717, 1.165) is 21.9 Å². The van der Waals surface area contributed by atoms with Crippen LogP contribution in [0.25, 0.3) is 21.9 Å². The molecule has 0 bridgehead atoms. The highest BCUT2D eigenvalue weighted by Gasteiger charge is 2.05. The van der Waals surface area contributed by atoms with Crippen LogP contribution in [-0.2, 0) is 0 Å². The molecule has 2 heterocycles. The van der Waals surface area contributed by atoms with Gasteiger partial charge in [-0.05, 0) is 24.6 Å². The van der Waals surface area contributed by atoms with Crippen LogP contribution in [0.1, 0.15) is 5.56 Å². The van der Waals surface area contributed by atoms with Crippen molar-refractivity contribution >= 4 is 21.9 Å². The summed E-state index contributed by atoms with van der Waals surface area (Å²) < 4.78 is 5.67. The summed E-state index contributed by atoms with van der Waals surface area (Å²) in [4.78, 5) is 4.04. The van der Waals surface area contributed by atoms with E-state index < -0.39 is 0 Å². The minimum absolute atomic E-state index is 0.855. The predicted molar refractivity (Wildman–Crippen MR) is 56.3 cm³/mol. The lowest BCUT2D eigenvalue weighted by molar-refractivity contribution is 0.666. The Kier molecular flexibility index (Phi) is 1.39. The number of aryl methyl sites for hydroxylation is 1. The number of fused-ring (bicyclic) bond motifs is 3. The maximum absolute atomic E-state index is 5.67. The number of furan rings is 1. The van der Waals surface area contributed by atoms with Crippen molar-refractivity contribution < 1.29 is 4.42 Å². The molecule has 0 aliphatic heterocycles. The second-order valence-electron chi connectivity index (χ2n) is 3.47. The number of hydrogen-bond acceptors (Lipinski definition) is 2. The van der Waals surface area contributed by atoms with Crippen molar-refractivity contribution in [2.45, 2.75) is 6.92 Å². The molecule has 0 fully saturated rings. The van der Waals surface area contributed by atoms with Gasteiger partial charge in [-0.15, -0.1) is 0 Å². The third-order valence-electron chi connectivity index (χ3n) is 2.43. The zero-order chi connectivity index (χ0) is 9.54. The third-order valence-corrected chi connectivity index (χ3v) is 2.43. The summed E-state index contributed by atoms with van der Waals surface area (Å²) >= 11 is 0. The molecule has 2 heteroatoms. The first kappa shape index (κ1) is 7.56. The molecule has 68 valence electrons. The van der Waals surface area contributed by atoms with E-state index in [0.29, 0.717) is 0 Å². The molecule has 0 saturated heterocycles. The van der Waals surface area contributed by atoms with Crippen molar-refractivity contribution in [3.05, 3.63) is 42.2 Å². The Bertz CT molecular complexity index is 610. The standard InChI is InChI=1S/C12H9NO/c1-8-2-3-9-10-4-5-13-7-12(10)14-11(9)6-8/h2-7H,1H3. The second kappa shape index (κ2) is 2.58. The first-order valence-electron chi connectivity index (χ1n) is 4.57. The van der Waals surface area contributed by atoms with E-state index in [1.165, 1.54) is 5.56 Å². The van der Waals surface area contributed by atoms with Crippen molar-refractivity contribution in [1.29, 1.82) is 0 Å². The molecule has 0 aliphatic carbocycles. The van der Waals surface area contributed by atoms with Gasteiger partial charge in [-0.2, -0.15) is 0 Å². The quantitative estimate of drug-likeness (QED) is 0.534. The fourth-order valence-electron chi connectivity index (χ4n) is 1.74. The van der Waals surface area contributed by atoms with Crippen molar-refractivity contribution in [2.24, 2.45) is 0 Å². The minimum Gasteiger partial charge on any atom is -0.454 e. The molecule has 0 unspecified atom stereocenters. The molecule has 0 spiro atoms. The number of aromatic nitrogens is 1. The van der Waals surface area contributed by atoms with Gasteiger partial charge >= 0.3 is 0 Å². The Morgan fingerprint density at radius 1 is 1.07 bits per heavy atom. The van der Waals surface area contributed by atoms with Crippen LogP contribution < -0.4 is 0 Å². The summed E-state index contributed by atoms with van der Waals surface area (Å²) in [6, 6.07) is 8.22. The summed E-state index contributed by atoms with van der Waals surface area (Å²) in [5, 5.41) is 2.29. The Labute approximate surface area is 81.2 Å². The maximum atomic E-state index is 5.67. The van der Waals surface area contributed by atoms with Gasteiger partial charge < -0.3 is 4.42 Å². The largest absolute Gasteiger partial charge is 0.454 e. The van der Waals surface area contributed by atoms with Gasteiger partial charge in [0, 0.05) is 17.0 Å². The molecular formula is C12H9NO. The Hall–Kier alpha value is -1.83. The number of pyridine rings is 1. The van der Waals surface area contributed by atoms with E-state index in [1.54, 1.807) is 12.4 Å². The van der Waals surface area contributed by atoms with Gasteiger partial charge in [-0.3, -0.25) is 4.98 Å². The molecule has 3 aromatic rings. The van der Waals surface area contributed by atoms with Crippen LogP contribution in [0.4, 0.5) is 0 Å². The molecule has 2 aromatic heterocycles. The molecule has 14 heavy (non-hydrogen) atoms. The van der Waals surface area contributed by atoms with Gasteiger partial charge in [-0.25, -0.2) is 0 Å². The number of nitrogens with zero attached hydrogens (tertiary/aromatic N) is 1. The topological polar surface area (TPSA) is 26.0 Å². The SMILES string of the molecule is Cc1ccc2c(c1)oc1cnccc12. The summed E-state index contributed by atoms with van der Waals surface area (Å²) in [6.07, 6.45) is 3.54. The fourth-order valence-corrected chi connectivity index (χ4v) is 1.74. The van der Waals surface area contributed by atoms with E-state index in [2.05, 4.69) is 30.1 Å². The average Bonchev–Trinajstić information content (AvgIpc) is 2.54.